The number of nitrogens with zero attached hydrogens (tertiary/aromatic N) is 4. The molecule has 0 radical (unpaired) electrons. The molecule has 2 aliphatic heterocycles. The highest BCUT2D eigenvalue weighted by atomic mass is 16.3. The van der Waals surface area contributed by atoms with Crippen molar-refractivity contribution in [2.45, 2.75) is 32.6 Å². The zero-order valence-electron chi connectivity index (χ0n) is 19.0. The molecular weight excluding hydrogens is 416 g/mol. The number of hydrogen-bond donors (Lipinski definition) is 2. The first kappa shape index (κ1) is 21.3. The number of fused-ring (bicyclic) bond motifs is 1. The molecule has 0 saturated carbocycles. The lowest BCUT2D eigenvalue weighted by Crippen LogP contribution is -2.39. The van der Waals surface area contributed by atoms with Crippen LogP contribution in [0, 0.1) is 5.92 Å². The minimum absolute atomic E-state index is 0.189. The Morgan fingerprint density at radius 3 is 2.97 bits per heavy atom. The van der Waals surface area contributed by atoms with Crippen LogP contribution in [0.4, 0.5) is 27.8 Å². The summed E-state index contributed by atoms with van der Waals surface area (Å²) >= 11 is 0. The molecule has 3 aromatic rings. The largest absolute Gasteiger partial charge is 0.444 e. The van der Waals surface area contributed by atoms with Crippen LogP contribution < -0.4 is 20.4 Å². The van der Waals surface area contributed by atoms with Gasteiger partial charge in [-0.25, -0.2) is 14.8 Å². The van der Waals surface area contributed by atoms with Gasteiger partial charge in [0.2, 0.25) is 0 Å². The number of rotatable bonds is 3. The smallest absolute Gasteiger partial charge is 0.327 e. The van der Waals surface area contributed by atoms with Gasteiger partial charge in [0.15, 0.2) is 18.0 Å². The molecule has 5 rings (SSSR count). The summed E-state index contributed by atoms with van der Waals surface area (Å²) in [4.78, 5) is 26.5. The lowest BCUT2D eigenvalue weighted by Gasteiger charge is -2.33. The van der Waals surface area contributed by atoms with Crippen molar-refractivity contribution in [2.75, 3.05) is 46.6 Å². The fourth-order valence-corrected chi connectivity index (χ4v) is 4.58. The molecule has 1 fully saturated rings. The molecule has 33 heavy (non-hydrogen) atoms. The molecule has 0 aliphatic carbocycles. The third kappa shape index (κ3) is 4.79. The van der Waals surface area contributed by atoms with Gasteiger partial charge < -0.3 is 20.0 Å². The van der Waals surface area contributed by atoms with E-state index < -0.39 is 0 Å². The number of benzene rings is 1. The molecule has 2 N–H and O–H groups in total. The van der Waals surface area contributed by atoms with Crippen molar-refractivity contribution >= 4 is 29.0 Å². The zero-order chi connectivity index (χ0) is 22.6. The highest BCUT2D eigenvalue weighted by Crippen LogP contribution is 2.31. The maximum atomic E-state index is 13.4. The van der Waals surface area contributed by atoms with Crippen LogP contribution in [0.15, 0.2) is 53.4 Å². The number of carbonyl (C=O) groups excluding carboxylic acids is 1. The first-order chi connectivity index (χ1) is 16.2. The van der Waals surface area contributed by atoms with Crippen molar-refractivity contribution < 1.29 is 9.21 Å². The van der Waals surface area contributed by atoms with Crippen LogP contribution in [-0.2, 0) is 0 Å². The molecule has 8 nitrogen and oxygen atoms in total. The number of urea groups is 1. The molecule has 1 aromatic carbocycles. The highest BCUT2D eigenvalue weighted by molar-refractivity contribution is 6.03. The summed E-state index contributed by atoms with van der Waals surface area (Å²) in [5.41, 5.74) is 2.46. The molecule has 2 aliphatic rings. The number of nitrogens with one attached hydrogen (secondary N) is 2. The first-order valence-corrected chi connectivity index (χ1v) is 11.7. The molecule has 172 valence electrons. The van der Waals surface area contributed by atoms with Gasteiger partial charge in [0.1, 0.15) is 5.82 Å². The maximum absolute atomic E-state index is 13.4. The molecule has 2 amide bonds. The monoisotopic (exact) mass is 446 g/mol. The van der Waals surface area contributed by atoms with Gasteiger partial charge in [-0.15, -0.1) is 0 Å². The van der Waals surface area contributed by atoms with Crippen molar-refractivity contribution in [3.63, 3.8) is 0 Å². The van der Waals surface area contributed by atoms with Gasteiger partial charge >= 0.3 is 6.03 Å². The fraction of sp³-hybridized carbons (Fsp3) is 0.400. The molecule has 0 spiro atoms. The minimum Gasteiger partial charge on any atom is -0.444 e. The van der Waals surface area contributed by atoms with E-state index in [4.69, 9.17) is 9.40 Å². The second-order valence-electron chi connectivity index (χ2n) is 8.90. The summed E-state index contributed by atoms with van der Waals surface area (Å²) < 4.78 is 5.39. The van der Waals surface area contributed by atoms with E-state index >= 15 is 0 Å². The maximum Gasteiger partial charge on any atom is 0.327 e. The van der Waals surface area contributed by atoms with E-state index in [-0.39, 0.29) is 6.03 Å². The normalized spacial score (nSPS) is 18.6. The highest BCUT2D eigenvalue weighted by Gasteiger charge is 2.25. The number of hydrogen-bond acceptors (Lipinski definition) is 6. The van der Waals surface area contributed by atoms with Crippen LogP contribution in [0.2, 0.25) is 0 Å². The van der Waals surface area contributed by atoms with E-state index in [1.165, 1.54) is 19.2 Å². The van der Waals surface area contributed by atoms with E-state index in [0.29, 0.717) is 29.7 Å². The number of aromatic nitrogens is 2. The second kappa shape index (κ2) is 9.52. The van der Waals surface area contributed by atoms with Crippen molar-refractivity contribution in [3.05, 3.63) is 49.0 Å². The van der Waals surface area contributed by atoms with Crippen molar-refractivity contribution in [1.29, 1.82) is 0 Å². The predicted octanol–water partition coefficient (Wildman–Crippen LogP) is 5.22. The van der Waals surface area contributed by atoms with Crippen LogP contribution in [0.25, 0.3) is 11.3 Å². The zero-order valence-corrected chi connectivity index (χ0v) is 19.0. The van der Waals surface area contributed by atoms with Crippen LogP contribution in [-0.4, -0.2) is 42.2 Å². The topological polar surface area (TPSA) is 86.5 Å². The van der Waals surface area contributed by atoms with E-state index in [9.17, 15) is 4.79 Å². The van der Waals surface area contributed by atoms with Crippen LogP contribution in [0.1, 0.15) is 32.6 Å². The molecule has 1 saturated heterocycles. The van der Waals surface area contributed by atoms with Crippen molar-refractivity contribution in [3.8, 4) is 11.3 Å². The number of amides is 2. The van der Waals surface area contributed by atoms with Gasteiger partial charge in [-0.1, -0.05) is 19.1 Å². The number of pyridine rings is 1. The SMILES string of the molecule is CC1CCCN(c2ccc3c(n2)N(C(=O)Nc2cccc(-c4cnco4)c2)CCCCN3)C1. The summed E-state index contributed by atoms with van der Waals surface area (Å²) in [6.07, 6.45) is 7.39. The predicted molar refractivity (Wildman–Crippen MR) is 131 cm³/mol. The third-order valence-electron chi connectivity index (χ3n) is 6.30. The lowest BCUT2D eigenvalue weighted by molar-refractivity contribution is 0.256. The molecule has 0 bridgehead atoms. The first-order valence-electron chi connectivity index (χ1n) is 11.7. The van der Waals surface area contributed by atoms with Gasteiger partial charge in [0, 0.05) is 37.4 Å². The van der Waals surface area contributed by atoms with Gasteiger partial charge in [-0.05, 0) is 55.9 Å². The Morgan fingerprint density at radius 1 is 1.18 bits per heavy atom. The number of piperidine rings is 1. The number of carbonyl (C=O) groups is 1. The van der Waals surface area contributed by atoms with Crippen molar-refractivity contribution in [2.24, 2.45) is 5.92 Å². The summed E-state index contributed by atoms with van der Waals surface area (Å²) in [6.45, 7) is 5.79. The van der Waals surface area contributed by atoms with Crippen LogP contribution in [0.3, 0.4) is 0 Å². The Bertz CT molecular complexity index is 1100. The van der Waals surface area contributed by atoms with Gasteiger partial charge in [-0.2, -0.15) is 0 Å². The molecule has 2 aromatic heterocycles. The van der Waals surface area contributed by atoms with Gasteiger partial charge in [-0.3, -0.25) is 4.90 Å². The average Bonchev–Trinajstić information content (AvgIpc) is 3.35. The summed E-state index contributed by atoms with van der Waals surface area (Å²) in [6, 6.07) is 11.5. The molecule has 1 unspecified atom stereocenters. The Kier molecular flexibility index (Phi) is 6.15. The Hall–Kier alpha value is -3.55. The summed E-state index contributed by atoms with van der Waals surface area (Å²) in [5, 5.41) is 6.51. The second-order valence-corrected chi connectivity index (χ2v) is 8.90. The Balaban J connectivity index is 1.41. The van der Waals surface area contributed by atoms with Gasteiger partial charge in [0.05, 0.1) is 11.9 Å². The average molecular weight is 447 g/mol. The molecular formula is C25H30N6O2. The molecule has 4 heterocycles. The Morgan fingerprint density at radius 2 is 2.12 bits per heavy atom. The number of anilines is 4. The summed E-state index contributed by atoms with van der Waals surface area (Å²) in [5.74, 6) is 2.94. The minimum atomic E-state index is -0.189. The van der Waals surface area contributed by atoms with E-state index in [2.05, 4.69) is 39.6 Å². The van der Waals surface area contributed by atoms with Crippen molar-refractivity contribution in [1.82, 2.24) is 9.97 Å². The van der Waals surface area contributed by atoms with E-state index in [1.54, 1.807) is 11.1 Å². The molecule has 1 atom stereocenters. The van der Waals surface area contributed by atoms with Gasteiger partial charge in [0.25, 0.3) is 0 Å². The standard InChI is InChI=1S/C25H30N6O2/c1-18-6-5-12-30(16-18)23-10-9-21-24(29-23)31(13-3-2-11-27-21)25(32)28-20-8-4-7-19(14-20)22-15-26-17-33-22/h4,7-10,14-15,17-18,27H,2-3,5-6,11-13,16H2,1H3,(H,28,32). The fourth-order valence-electron chi connectivity index (χ4n) is 4.58. The quantitative estimate of drug-likeness (QED) is 0.574. The summed E-state index contributed by atoms with van der Waals surface area (Å²) in [7, 11) is 0. The van der Waals surface area contributed by atoms with Crippen LogP contribution >= 0.6 is 0 Å². The molecule has 8 heteroatoms. The third-order valence-corrected chi connectivity index (χ3v) is 6.30. The van der Waals surface area contributed by atoms with E-state index in [0.717, 1.165) is 49.5 Å². The Labute approximate surface area is 194 Å². The number of oxazole rings is 1. The van der Waals surface area contributed by atoms with E-state index in [1.807, 2.05) is 24.3 Å². The van der Waals surface area contributed by atoms with Crippen LogP contribution in [0.5, 0.6) is 0 Å². The lowest BCUT2D eigenvalue weighted by atomic mass is 10.0.